The van der Waals surface area contributed by atoms with E-state index in [-0.39, 0.29) is 12.1 Å². The molecule has 1 unspecified atom stereocenters. The average molecular weight is 356 g/mol. The van der Waals surface area contributed by atoms with Crippen LogP contribution in [0.2, 0.25) is 0 Å². The van der Waals surface area contributed by atoms with Gasteiger partial charge in [-0.15, -0.1) is 0 Å². The molecule has 6 heteroatoms. The number of carbonyl (C=O) groups excluding carboxylic acids is 1. The van der Waals surface area contributed by atoms with Crippen molar-refractivity contribution in [2.45, 2.75) is 25.8 Å². The van der Waals surface area contributed by atoms with Gasteiger partial charge in [-0.3, -0.25) is 4.90 Å². The predicted octanol–water partition coefficient (Wildman–Crippen LogP) is 3.61. The van der Waals surface area contributed by atoms with Crippen LogP contribution in [0.1, 0.15) is 30.2 Å². The molecule has 1 saturated heterocycles. The number of amides is 2. The summed E-state index contributed by atoms with van der Waals surface area (Å²) in [6.45, 7) is 4.80. The zero-order valence-corrected chi connectivity index (χ0v) is 15.8. The fourth-order valence-electron chi connectivity index (χ4n) is 3.43. The molecule has 0 aliphatic carbocycles. The minimum absolute atomic E-state index is 0.00460. The third kappa shape index (κ3) is 4.38. The van der Waals surface area contributed by atoms with E-state index in [1.807, 2.05) is 43.3 Å². The Labute approximate surface area is 155 Å². The number of hydrogen-bond donors (Lipinski definition) is 2. The highest BCUT2D eigenvalue weighted by Crippen LogP contribution is 2.26. The fourth-order valence-corrected chi connectivity index (χ4v) is 3.43. The van der Waals surface area contributed by atoms with Crippen molar-refractivity contribution in [3.05, 3.63) is 47.9 Å². The monoisotopic (exact) mass is 356 g/mol. The number of likely N-dealkylation sites (N-methyl/N-ethyl adjacent to an activating group) is 1. The Hall–Kier alpha value is -2.47. The number of nitrogens with one attached hydrogen (secondary N) is 2. The van der Waals surface area contributed by atoms with Crippen LogP contribution in [-0.4, -0.2) is 44.7 Å². The Morgan fingerprint density at radius 1 is 1.27 bits per heavy atom. The Morgan fingerprint density at radius 3 is 2.65 bits per heavy atom. The van der Waals surface area contributed by atoms with Crippen molar-refractivity contribution in [3.8, 4) is 0 Å². The smallest absolute Gasteiger partial charge is 0.319 e. The van der Waals surface area contributed by atoms with Crippen LogP contribution in [0, 0.1) is 6.92 Å². The molecule has 1 atom stereocenters. The van der Waals surface area contributed by atoms with Crippen LogP contribution in [0.5, 0.6) is 0 Å². The summed E-state index contributed by atoms with van der Waals surface area (Å²) in [6.07, 6.45) is 4.16. The van der Waals surface area contributed by atoms with E-state index >= 15 is 0 Å². The molecule has 2 heterocycles. The van der Waals surface area contributed by atoms with E-state index in [0.717, 1.165) is 24.5 Å². The van der Waals surface area contributed by atoms with Crippen molar-refractivity contribution < 1.29 is 9.21 Å². The number of urea groups is 1. The maximum Gasteiger partial charge on any atom is 0.319 e. The molecule has 6 nitrogen and oxygen atoms in total. The van der Waals surface area contributed by atoms with Crippen molar-refractivity contribution >= 4 is 17.4 Å². The third-order valence-electron chi connectivity index (χ3n) is 4.85. The van der Waals surface area contributed by atoms with E-state index in [4.69, 9.17) is 4.42 Å². The number of rotatable bonds is 6. The lowest BCUT2D eigenvalue weighted by atomic mass is 10.1. The number of aryl methyl sites for hydroxylation is 1. The number of benzene rings is 1. The summed E-state index contributed by atoms with van der Waals surface area (Å²) in [6, 6.07) is 9.66. The number of anilines is 2. The number of nitrogens with zero attached hydrogens (tertiary/aromatic N) is 2. The van der Waals surface area contributed by atoms with Gasteiger partial charge in [0.05, 0.1) is 12.3 Å². The molecule has 0 spiro atoms. The van der Waals surface area contributed by atoms with E-state index in [1.54, 1.807) is 6.26 Å². The molecule has 2 aromatic rings. The van der Waals surface area contributed by atoms with E-state index in [2.05, 4.69) is 28.5 Å². The fraction of sp³-hybridized carbons (Fsp3) is 0.450. The van der Waals surface area contributed by atoms with E-state index < -0.39 is 0 Å². The lowest BCUT2D eigenvalue weighted by Crippen LogP contribution is -2.36. The van der Waals surface area contributed by atoms with E-state index in [1.165, 1.54) is 24.1 Å². The van der Waals surface area contributed by atoms with Gasteiger partial charge >= 0.3 is 6.03 Å². The molecule has 0 radical (unpaired) electrons. The second kappa shape index (κ2) is 8.27. The minimum atomic E-state index is -0.211. The molecule has 2 amide bonds. The van der Waals surface area contributed by atoms with Crippen molar-refractivity contribution in [2.75, 3.05) is 43.9 Å². The first kappa shape index (κ1) is 18.3. The van der Waals surface area contributed by atoms with Gasteiger partial charge in [-0.05, 0) is 69.8 Å². The minimum Gasteiger partial charge on any atom is -0.468 e. The number of hydrogen-bond acceptors (Lipinski definition) is 4. The first-order chi connectivity index (χ1) is 12.5. The summed E-state index contributed by atoms with van der Waals surface area (Å²) < 4.78 is 5.47. The van der Waals surface area contributed by atoms with Gasteiger partial charge in [0.2, 0.25) is 0 Å². The van der Waals surface area contributed by atoms with E-state index in [0.29, 0.717) is 6.54 Å². The second-order valence-electron chi connectivity index (χ2n) is 7.03. The van der Waals surface area contributed by atoms with Crippen LogP contribution >= 0.6 is 0 Å². The molecular formula is C20H28N4O2. The Balaban J connectivity index is 1.56. The lowest BCUT2D eigenvalue weighted by Gasteiger charge is -2.23. The van der Waals surface area contributed by atoms with Gasteiger partial charge in [0, 0.05) is 31.0 Å². The van der Waals surface area contributed by atoms with Crippen LogP contribution in [0.4, 0.5) is 16.2 Å². The SMILES string of the molecule is Cc1cc(NC(=O)NCC(c2ccco2)N(C)C)ccc1N1CCCC1. The zero-order chi connectivity index (χ0) is 18.5. The van der Waals surface area contributed by atoms with Crippen LogP contribution in [0.3, 0.4) is 0 Å². The Kier molecular flexibility index (Phi) is 5.83. The second-order valence-corrected chi connectivity index (χ2v) is 7.03. The zero-order valence-electron chi connectivity index (χ0n) is 15.8. The van der Waals surface area contributed by atoms with Gasteiger partial charge in [-0.25, -0.2) is 4.79 Å². The third-order valence-corrected chi connectivity index (χ3v) is 4.85. The standard InChI is InChI=1S/C20H28N4O2/c1-15-13-16(8-9-17(15)24-10-4-5-11-24)22-20(25)21-14-18(23(2)3)19-7-6-12-26-19/h6-9,12-13,18H,4-5,10-11,14H2,1-3H3,(H2,21,22,25). The highest BCUT2D eigenvalue weighted by atomic mass is 16.3. The molecule has 1 aromatic carbocycles. The van der Waals surface area contributed by atoms with Crippen molar-refractivity contribution in [2.24, 2.45) is 0 Å². The topological polar surface area (TPSA) is 60.8 Å². The van der Waals surface area contributed by atoms with Gasteiger partial charge in [0.15, 0.2) is 0 Å². The van der Waals surface area contributed by atoms with Crippen molar-refractivity contribution in [1.29, 1.82) is 0 Å². The molecule has 1 aliphatic heterocycles. The summed E-state index contributed by atoms with van der Waals surface area (Å²) in [5.41, 5.74) is 3.26. The normalized spacial score (nSPS) is 15.3. The first-order valence-electron chi connectivity index (χ1n) is 9.15. The molecular weight excluding hydrogens is 328 g/mol. The quantitative estimate of drug-likeness (QED) is 0.830. The first-order valence-corrected chi connectivity index (χ1v) is 9.15. The van der Waals surface area contributed by atoms with Crippen molar-refractivity contribution in [1.82, 2.24) is 10.2 Å². The number of furan rings is 1. The van der Waals surface area contributed by atoms with Crippen molar-refractivity contribution in [3.63, 3.8) is 0 Å². The molecule has 0 saturated carbocycles. The Bertz CT molecular complexity index is 721. The maximum atomic E-state index is 12.3. The van der Waals surface area contributed by atoms with Crippen LogP contribution in [0.15, 0.2) is 41.0 Å². The van der Waals surface area contributed by atoms with Gasteiger partial charge in [0.25, 0.3) is 0 Å². The highest BCUT2D eigenvalue weighted by Gasteiger charge is 2.18. The Morgan fingerprint density at radius 2 is 2.04 bits per heavy atom. The van der Waals surface area contributed by atoms with Crippen LogP contribution < -0.4 is 15.5 Å². The molecule has 26 heavy (non-hydrogen) atoms. The van der Waals surface area contributed by atoms with Crippen LogP contribution in [0.25, 0.3) is 0 Å². The summed E-state index contributed by atoms with van der Waals surface area (Å²) in [5, 5.41) is 5.85. The van der Waals surface area contributed by atoms with Gasteiger partial charge in [-0.1, -0.05) is 0 Å². The van der Waals surface area contributed by atoms with Crippen LogP contribution in [-0.2, 0) is 0 Å². The highest BCUT2D eigenvalue weighted by molar-refractivity contribution is 5.89. The van der Waals surface area contributed by atoms with Gasteiger partial charge in [0.1, 0.15) is 5.76 Å². The molecule has 1 fully saturated rings. The summed E-state index contributed by atoms with van der Waals surface area (Å²) in [5.74, 6) is 0.834. The largest absolute Gasteiger partial charge is 0.468 e. The predicted molar refractivity (Wildman–Crippen MR) is 105 cm³/mol. The molecule has 140 valence electrons. The average Bonchev–Trinajstić information content (AvgIpc) is 3.28. The molecule has 1 aliphatic rings. The summed E-state index contributed by atoms with van der Waals surface area (Å²) in [7, 11) is 3.93. The lowest BCUT2D eigenvalue weighted by molar-refractivity contribution is 0.233. The molecule has 1 aromatic heterocycles. The summed E-state index contributed by atoms with van der Waals surface area (Å²) in [4.78, 5) is 16.7. The van der Waals surface area contributed by atoms with Gasteiger partial charge < -0.3 is 20.0 Å². The van der Waals surface area contributed by atoms with E-state index in [9.17, 15) is 4.79 Å². The molecule has 3 rings (SSSR count). The summed E-state index contributed by atoms with van der Waals surface area (Å²) >= 11 is 0. The molecule has 0 bridgehead atoms. The molecule has 2 N–H and O–H groups in total. The maximum absolute atomic E-state index is 12.3. The number of carbonyl (C=O) groups is 1. The van der Waals surface area contributed by atoms with Gasteiger partial charge in [-0.2, -0.15) is 0 Å².